The molecular weight excluding hydrogens is 174 g/mol. The number of benzene rings is 1. The van der Waals surface area contributed by atoms with Crippen LogP contribution in [0.4, 0.5) is 0 Å². The predicted molar refractivity (Wildman–Crippen MR) is 56.8 cm³/mol. The average molecular weight is 191 g/mol. The van der Waals surface area contributed by atoms with Crippen LogP contribution in [-0.4, -0.2) is 5.11 Å². The maximum absolute atomic E-state index is 9.95. The third-order valence-corrected chi connectivity index (χ3v) is 2.87. The summed E-state index contributed by atoms with van der Waals surface area (Å²) in [7, 11) is 0. The van der Waals surface area contributed by atoms with Gasteiger partial charge in [-0.1, -0.05) is 24.3 Å². The quantitative estimate of drug-likeness (QED) is 0.749. The van der Waals surface area contributed by atoms with E-state index in [1.165, 1.54) is 0 Å². The molecule has 0 radical (unpaired) electrons. The number of aliphatic hydroxyl groups is 1. The topological polar surface area (TPSA) is 46.2 Å². The summed E-state index contributed by atoms with van der Waals surface area (Å²) >= 11 is 0. The Morgan fingerprint density at radius 2 is 2.00 bits per heavy atom. The van der Waals surface area contributed by atoms with Crippen molar-refractivity contribution >= 4 is 0 Å². The summed E-state index contributed by atoms with van der Waals surface area (Å²) < 4.78 is 0. The van der Waals surface area contributed by atoms with Crippen molar-refractivity contribution < 1.29 is 5.11 Å². The Labute approximate surface area is 84.7 Å². The lowest BCUT2D eigenvalue weighted by atomic mass is 9.92. The van der Waals surface area contributed by atoms with Crippen molar-refractivity contribution in [2.75, 3.05) is 0 Å². The molecule has 76 valence electrons. The molecule has 1 aliphatic rings. The molecule has 1 aromatic carbocycles. The predicted octanol–water partition coefficient (Wildman–Crippen LogP) is 1.86. The average Bonchev–Trinajstić information content (AvgIpc) is 2.84. The number of hydrogen-bond donors (Lipinski definition) is 2. The monoisotopic (exact) mass is 191 g/mol. The van der Waals surface area contributed by atoms with Gasteiger partial charge in [0.1, 0.15) is 0 Å². The minimum absolute atomic E-state index is 0.332. The van der Waals surface area contributed by atoms with Crippen LogP contribution >= 0.6 is 0 Å². The highest BCUT2D eigenvalue weighted by Gasteiger charge is 2.42. The Bertz CT molecular complexity index is 327. The molecule has 2 heteroatoms. The van der Waals surface area contributed by atoms with Gasteiger partial charge in [-0.3, -0.25) is 0 Å². The zero-order valence-electron chi connectivity index (χ0n) is 8.75. The van der Waals surface area contributed by atoms with Gasteiger partial charge in [0.2, 0.25) is 0 Å². The summed E-state index contributed by atoms with van der Waals surface area (Å²) in [6.45, 7) is 3.95. The molecule has 2 nitrogen and oxygen atoms in total. The molecule has 1 aromatic rings. The van der Waals surface area contributed by atoms with Gasteiger partial charge in [0.05, 0.1) is 5.60 Å². The van der Waals surface area contributed by atoms with E-state index in [1.54, 1.807) is 0 Å². The fourth-order valence-electron chi connectivity index (χ4n) is 1.62. The van der Waals surface area contributed by atoms with Gasteiger partial charge in [0.25, 0.3) is 0 Å². The molecule has 0 aromatic heterocycles. The molecule has 2 rings (SSSR count). The van der Waals surface area contributed by atoms with E-state index in [2.05, 4.69) is 0 Å². The first-order chi connectivity index (χ1) is 6.42. The zero-order chi connectivity index (χ0) is 10.4. The van der Waals surface area contributed by atoms with Crippen LogP contribution in [0.5, 0.6) is 0 Å². The molecule has 0 bridgehead atoms. The van der Waals surface area contributed by atoms with E-state index >= 15 is 0 Å². The molecule has 0 spiro atoms. The van der Waals surface area contributed by atoms with Gasteiger partial charge in [-0.25, -0.2) is 0 Å². The minimum atomic E-state index is -0.554. The zero-order valence-corrected chi connectivity index (χ0v) is 8.75. The fraction of sp³-hybridized carbons (Fsp3) is 0.500. The molecule has 1 fully saturated rings. The highest BCUT2D eigenvalue weighted by Crippen LogP contribution is 2.45. The standard InChI is InChI=1S/C12H17NO/c1-11(2,13)9-4-3-5-10(8-9)12(14)6-7-12/h3-5,8,14H,6-7,13H2,1-2H3. The van der Waals surface area contributed by atoms with E-state index in [0.717, 1.165) is 24.0 Å². The van der Waals surface area contributed by atoms with E-state index in [4.69, 9.17) is 5.73 Å². The van der Waals surface area contributed by atoms with Crippen LogP contribution in [0.15, 0.2) is 24.3 Å². The number of rotatable bonds is 2. The van der Waals surface area contributed by atoms with E-state index < -0.39 is 5.60 Å². The third kappa shape index (κ3) is 1.68. The molecule has 0 atom stereocenters. The summed E-state index contributed by atoms with van der Waals surface area (Å²) in [6, 6.07) is 7.97. The van der Waals surface area contributed by atoms with Crippen LogP contribution in [0.2, 0.25) is 0 Å². The summed E-state index contributed by atoms with van der Waals surface area (Å²) in [4.78, 5) is 0. The van der Waals surface area contributed by atoms with Crippen LogP contribution in [-0.2, 0) is 11.1 Å². The second-order valence-electron chi connectivity index (χ2n) is 4.83. The van der Waals surface area contributed by atoms with Crippen LogP contribution in [0.3, 0.4) is 0 Å². The van der Waals surface area contributed by atoms with Gasteiger partial charge in [-0.15, -0.1) is 0 Å². The third-order valence-electron chi connectivity index (χ3n) is 2.87. The Hall–Kier alpha value is -0.860. The summed E-state index contributed by atoms with van der Waals surface area (Å²) in [5.41, 5.74) is 7.21. The lowest BCUT2D eigenvalue weighted by Gasteiger charge is -2.21. The Balaban J connectivity index is 2.37. The Kier molecular flexibility index (Phi) is 1.95. The van der Waals surface area contributed by atoms with Crippen LogP contribution < -0.4 is 5.73 Å². The van der Waals surface area contributed by atoms with E-state index in [0.29, 0.717) is 0 Å². The normalized spacial score (nSPS) is 19.4. The van der Waals surface area contributed by atoms with Gasteiger partial charge in [0, 0.05) is 5.54 Å². The maximum atomic E-state index is 9.95. The van der Waals surface area contributed by atoms with E-state index in [-0.39, 0.29) is 5.54 Å². The van der Waals surface area contributed by atoms with Gasteiger partial charge in [-0.2, -0.15) is 0 Å². The number of hydrogen-bond acceptors (Lipinski definition) is 2. The second kappa shape index (κ2) is 2.81. The first kappa shape index (κ1) is 9.69. The fourth-order valence-corrected chi connectivity index (χ4v) is 1.62. The largest absolute Gasteiger partial charge is 0.385 e. The van der Waals surface area contributed by atoms with E-state index in [1.807, 2.05) is 38.1 Å². The lowest BCUT2D eigenvalue weighted by molar-refractivity contribution is 0.151. The summed E-state index contributed by atoms with van der Waals surface area (Å²) in [6.07, 6.45) is 1.75. The lowest BCUT2D eigenvalue weighted by Crippen LogP contribution is -2.28. The van der Waals surface area contributed by atoms with Crippen molar-refractivity contribution in [3.63, 3.8) is 0 Å². The Morgan fingerprint density at radius 1 is 1.36 bits per heavy atom. The van der Waals surface area contributed by atoms with Crippen molar-refractivity contribution in [1.29, 1.82) is 0 Å². The molecule has 1 saturated carbocycles. The molecule has 0 amide bonds. The van der Waals surface area contributed by atoms with E-state index in [9.17, 15) is 5.11 Å². The van der Waals surface area contributed by atoms with Crippen molar-refractivity contribution in [2.45, 2.75) is 37.8 Å². The van der Waals surface area contributed by atoms with Crippen molar-refractivity contribution in [2.24, 2.45) is 5.73 Å². The summed E-state index contributed by atoms with van der Waals surface area (Å²) in [5.74, 6) is 0. The number of nitrogens with two attached hydrogens (primary N) is 1. The second-order valence-corrected chi connectivity index (χ2v) is 4.83. The van der Waals surface area contributed by atoms with Crippen LogP contribution in [0.1, 0.15) is 37.8 Å². The molecule has 3 N–H and O–H groups in total. The molecular formula is C12H17NO. The van der Waals surface area contributed by atoms with Crippen LogP contribution in [0, 0.1) is 0 Å². The molecule has 0 unspecified atom stereocenters. The van der Waals surface area contributed by atoms with Gasteiger partial charge < -0.3 is 10.8 Å². The van der Waals surface area contributed by atoms with Gasteiger partial charge >= 0.3 is 0 Å². The molecule has 0 aliphatic heterocycles. The molecule has 14 heavy (non-hydrogen) atoms. The van der Waals surface area contributed by atoms with Crippen molar-refractivity contribution in [3.05, 3.63) is 35.4 Å². The smallest absolute Gasteiger partial charge is 0.0899 e. The highest BCUT2D eigenvalue weighted by molar-refractivity contribution is 5.34. The first-order valence-electron chi connectivity index (χ1n) is 5.04. The van der Waals surface area contributed by atoms with Crippen molar-refractivity contribution in [1.82, 2.24) is 0 Å². The van der Waals surface area contributed by atoms with Gasteiger partial charge in [-0.05, 0) is 37.8 Å². The molecule has 0 heterocycles. The van der Waals surface area contributed by atoms with Crippen LogP contribution in [0.25, 0.3) is 0 Å². The SMILES string of the molecule is CC(C)(N)c1cccc(C2(O)CC2)c1. The summed E-state index contributed by atoms with van der Waals surface area (Å²) in [5, 5.41) is 9.95. The highest BCUT2D eigenvalue weighted by atomic mass is 16.3. The first-order valence-corrected chi connectivity index (χ1v) is 5.04. The Morgan fingerprint density at radius 3 is 2.50 bits per heavy atom. The molecule has 1 aliphatic carbocycles. The van der Waals surface area contributed by atoms with Gasteiger partial charge in [0.15, 0.2) is 0 Å². The molecule has 0 saturated heterocycles. The maximum Gasteiger partial charge on any atom is 0.0899 e. The van der Waals surface area contributed by atoms with Crippen molar-refractivity contribution in [3.8, 4) is 0 Å². The minimum Gasteiger partial charge on any atom is -0.385 e.